The molecule has 2 aromatic rings. The van der Waals surface area contributed by atoms with Crippen LogP contribution in [-0.4, -0.2) is 16.0 Å². The number of nitrogens with zero attached hydrogens (tertiary/aromatic N) is 1. The minimum atomic E-state index is -0.505. The Morgan fingerprint density at radius 3 is 2.41 bits per heavy atom. The summed E-state index contributed by atoms with van der Waals surface area (Å²) in [6, 6.07) is 12.2. The molecule has 17 heavy (non-hydrogen) atoms. The third-order valence-electron chi connectivity index (χ3n) is 2.36. The van der Waals surface area contributed by atoms with Crippen LogP contribution in [0.1, 0.15) is 11.1 Å². The first-order valence-corrected chi connectivity index (χ1v) is 4.98. The van der Waals surface area contributed by atoms with E-state index in [0.29, 0.717) is 5.56 Å². The van der Waals surface area contributed by atoms with Gasteiger partial charge in [0.25, 0.3) is 0 Å². The van der Waals surface area contributed by atoms with Gasteiger partial charge in [0.2, 0.25) is 0 Å². The summed E-state index contributed by atoms with van der Waals surface area (Å²) in [7, 11) is 0. The standard InChI is InChI=1S/C13H10FNO2/c14-10-6-7-12(16)11(8-10)13(15-17)9-4-2-1-3-5-9/h1-8,16-17H/b15-13+. The van der Waals surface area contributed by atoms with Crippen LogP contribution < -0.4 is 0 Å². The van der Waals surface area contributed by atoms with Gasteiger partial charge in [0, 0.05) is 11.1 Å². The van der Waals surface area contributed by atoms with Crippen molar-refractivity contribution in [3.05, 3.63) is 65.5 Å². The Morgan fingerprint density at radius 2 is 1.76 bits per heavy atom. The maximum absolute atomic E-state index is 13.1. The number of phenolic OH excluding ortho intramolecular Hbond substituents is 1. The van der Waals surface area contributed by atoms with Crippen molar-refractivity contribution in [3.63, 3.8) is 0 Å². The zero-order valence-corrected chi connectivity index (χ0v) is 8.84. The average molecular weight is 231 g/mol. The predicted molar refractivity (Wildman–Crippen MR) is 61.9 cm³/mol. The molecule has 0 fully saturated rings. The highest BCUT2D eigenvalue weighted by Gasteiger charge is 2.12. The first kappa shape index (κ1) is 11.1. The molecule has 0 unspecified atom stereocenters. The van der Waals surface area contributed by atoms with Crippen molar-refractivity contribution >= 4 is 5.71 Å². The van der Waals surface area contributed by atoms with E-state index in [4.69, 9.17) is 5.21 Å². The summed E-state index contributed by atoms with van der Waals surface area (Å²) in [5, 5.41) is 21.8. The number of hydrogen-bond acceptors (Lipinski definition) is 3. The van der Waals surface area contributed by atoms with E-state index in [1.165, 1.54) is 6.07 Å². The number of hydrogen-bond donors (Lipinski definition) is 2. The molecule has 0 amide bonds. The van der Waals surface area contributed by atoms with Gasteiger partial charge in [0.05, 0.1) is 0 Å². The number of aromatic hydroxyl groups is 1. The molecule has 0 spiro atoms. The van der Waals surface area contributed by atoms with Crippen molar-refractivity contribution in [2.75, 3.05) is 0 Å². The van der Waals surface area contributed by atoms with Crippen LogP contribution in [-0.2, 0) is 0 Å². The van der Waals surface area contributed by atoms with Gasteiger partial charge in [-0.2, -0.15) is 0 Å². The van der Waals surface area contributed by atoms with E-state index < -0.39 is 5.82 Å². The lowest BCUT2D eigenvalue weighted by atomic mass is 10.0. The zero-order chi connectivity index (χ0) is 12.3. The Morgan fingerprint density at radius 1 is 1.06 bits per heavy atom. The molecule has 0 aliphatic carbocycles. The molecule has 86 valence electrons. The van der Waals surface area contributed by atoms with E-state index in [9.17, 15) is 9.50 Å². The van der Waals surface area contributed by atoms with Gasteiger partial charge in [-0.1, -0.05) is 35.5 Å². The van der Waals surface area contributed by atoms with Crippen molar-refractivity contribution < 1.29 is 14.7 Å². The van der Waals surface area contributed by atoms with E-state index in [1.807, 2.05) is 6.07 Å². The zero-order valence-electron chi connectivity index (χ0n) is 8.84. The summed E-state index contributed by atoms with van der Waals surface area (Å²) >= 11 is 0. The summed E-state index contributed by atoms with van der Waals surface area (Å²) in [4.78, 5) is 0. The molecule has 2 aromatic carbocycles. The topological polar surface area (TPSA) is 52.8 Å². The Bertz CT molecular complexity index is 553. The Balaban J connectivity index is 2.54. The largest absolute Gasteiger partial charge is 0.507 e. The quantitative estimate of drug-likeness (QED) is 0.474. The van der Waals surface area contributed by atoms with Gasteiger partial charge < -0.3 is 10.3 Å². The average Bonchev–Trinajstić information content (AvgIpc) is 2.36. The predicted octanol–water partition coefficient (Wildman–Crippen LogP) is 2.76. The van der Waals surface area contributed by atoms with Gasteiger partial charge in [-0.15, -0.1) is 0 Å². The van der Waals surface area contributed by atoms with E-state index in [0.717, 1.165) is 12.1 Å². The number of oxime groups is 1. The lowest BCUT2D eigenvalue weighted by Crippen LogP contribution is -2.04. The van der Waals surface area contributed by atoms with Crippen LogP contribution in [0, 0.1) is 5.82 Å². The van der Waals surface area contributed by atoms with Gasteiger partial charge >= 0.3 is 0 Å². The smallest absolute Gasteiger partial charge is 0.125 e. The van der Waals surface area contributed by atoms with Crippen LogP contribution in [0.25, 0.3) is 0 Å². The van der Waals surface area contributed by atoms with Gasteiger partial charge in [-0.05, 0) is 18.2 Å². The second-order valence-corrected chi connectivity index (χ2v) is 3.48. The highest BCUT2D eigenvalue weighted by atomic mass is 19.1. The summed E-state index contributed by atoms with van der Waals surface area (Å²) < 4.78 is 13.1. The van der Waals surface area contributed by atoms with Crippen molar-refractivity contribution in [3.8, 4) is 5.75 Å². The van der Waals surface area contributed by atoms with Crippen LogP contribution in [0.2, 0.25) is 0 Å². The summed E-state index contributed by atoms with van der Waals surface area (Å²) in [5.74, 6) is -0.641. The molecule has 0 aliphatic rings. The summed E-state index contributed by atoms with van der Waals surface area (Å²) in [6.07, 6.45) is 0. The normalized spacial score (nSPS) is 11.5. The SMILES string of the molecule is O/N=C(\c1ccccc1)c1cc(F)ccc1O. The maximum Gasteiger partial charge on any atom is 0.125 e. The van der Waals surface area contributed by atoms with E-state index in [1.54, 1.807) is 24.3 Å². The van der Waals surface area contributed by atoms with Gasteiger partial charge in [0.15, 0.2) is 0 Å². The monoisotopic (exact) mass is 231 g/mol. The van der Waals surface area contributed by atoms with Crippen LogP contribution in [0.4, 0.5) is 4.39 Å². The number of halogens is 1. The fourth-order valence-corrected chi connectivity index (χ4v) is 1.56. The van der Waals surface area contributed by atoms with E-state index in [2.05, 4.69) is 5.16 Å². The molecule has 4 heteroatoms. The first-order chi connectivity index (χ1) is 8.22. The van der Waals surface area contributed by atoms with Crippen LogP contribution in [0.15, 0.2) is 53.7 Å². The fourth-order valence-electron chi connectivity index (χ4n) is 1.56. The maximum atomic E-state index is 13.1. The van der Waals surface area contributed by atoms with E-state index in [-0.39, 0.29) is 17.0 Å². The number of benzene rings is 2. The molecule has 0 saturated heterocycles. The lowest BCUT2D eigenvalue weighted by molar-refractivity contribution is 0.319. The van der Waals surface area contributed by atoms with Gasteiger partial charge in [-0.25, -0.2) is 4.39 Å². The third kappa shape index (κ3) is 2.25. The highest BCUT2D eigenvalue weighted by Crippen LogP contribution is 2.22. The molecule has 0 bridgehead atoms. The van der Waals surface area contributed by atoms with Crippen molar-refractivity contribution in [2.45, 2.75) is 0 Å². The molecule has 0 aromatic heterocycles. The molecule has 2 rings (SSSR count). The fraction of sp³-hybridized carbons (Fsp3) is 0. The molecular formula is C13H10FNO2. The molecule has 0 aliphatic heterocycles. The highest BCUT2D eigenvalue weighted by molar-refractivity contribution is 6.14. The Labute approximate surface area is 97.5 Å². The Kier molecular flexibility index (Phi) is 3.05. The molecule has 0 atom stereocenters. The Hall–Kier alpha value is -2.36. The molecular weight excluding hydrogens is 221 g/mol. The second-order valence-electron chi connectivity index (χ2n) is 3.48. The third-order valence-corrected chi connectivity index (χ3v) is 2.36. The summed E-state index contributed by atoms with van der Waals surface area (Å²) in [5.41, 5.74) is 0.872. The van der Waals surface area contributed by atoms with Crippen molar-refractivity contribution in [2.24, 2.45) is 5.16 Å². The molecule has 3 nitrogen and oxygen atoms in total. The van der Waals surface area contributed by atoms with Crippen molar-refractivity contribution in [1.29, 1.82) is 0 Å². The number of rotatable bonds is 2. The molecule has 0 saturated carbocycles. The van der Waals surface area contributed by atoms with Crippen LogP contribution in [0.3, 0.4) is 0 Å². The minimum Gasteiger partial charge on any atom is -0.507 e. The molecule has 0 radical (unpaired) electrons. The summed E-state index contributed by atoms with van der Waals surface area (Å²) in [6.45, 7) is 0. The van der Waals surface area contributed by atoms with Crippen LogP contribution in [0.5, 0.6) is 5.75 Å². The minimum absolute atomic E-state index is 0.127. The lowest BCUT2D eigenvalue weighted by Gasteiger charge is -2.07. The molecule has 2 N–H and O–H groups in total. The van der Waals surface area contributed by atoms with Crippen molar-refractivity contribution in [1.82, 2.24) is 0 Å². The van der Waals surface area contributed by atoms with Gasteiger partial charge in [-0.3, -0.25) is 0 Å². The number of phenols is 1. The van der Waals surface area contributed by atoms with Gasteiger partial charge in [0.1, 0.15) is 17.3 Å². The van der Waals surface area contributed by atoms with Crippen LogP contribution >= 0.6 is 0 Å². The first-order valence-electron chi connectivity index (χ1n) is 4.98. The second kappa shape index (κ2) is 4.65. The molecule has 0 heterocycles. The van der Waals surface area contributed by atoms with E-state index >= 15 is 0 Å².